The van der Waals surface area contributed by atoms with E-state index in [0.29, 0.717) is 45.6 Å². The van der Waals surface area contributed by atoms with E-state index in [1.807, 2.05) is 0 Å². The smallest absolute Gasteiger partial charge is 0.311 e. The highest BCUT2D eigenvalue weighted by Gasteiger charge is 2.54. The molecular weight excluding hydrogens is 234 g/mol. The zero-order valence-electron chi connectivity index (χ0n) is 10.4. The van der Waals surface area contributed by atoms with E-state index < -0.39 is 11.4 Å². The maximum Gasteiger partial charge on any atom is 0.311 e. The Balaban J connectivity index is 2.09. The maximum atomic E-state index is 12.0. The number of fused-ring (bicyclic) bond motifs is 1. The molecule has 0 aliphatic carbocycles. The number of rotatable bonds is 4. The van der Waals surface area contributed by atoms with Crippen LogP contribution < -0.4 is 0 Å². The quantitative estimate of drug-likeness (QED) is 0.756. The first-order chi connectivity index (χ1) is 8.60. The summed E-state index contributed by atoms with van der Waals surface area (Å²) in [7, 11) is 0. The minimum Gasteiger partial charge on any atom is -0.481 e. The molecule has 0 aromatic carbocycles. The fourth-order valence-electron chi connectivity index (χ4n) is 2.87. The Labute approximate surface area is 106 Å². The largest absolute Gasteiger partial charge is 0.481 e. The first kappa shape index (κ1) is 13.1. The Kier molecular flexibility index (Phi) is 3.71. The minimum atomic E-state index is -0.796. The van der Waals surface area contributed by atoms with Crippen molar-refractivity contribution in [2.24, 2.45) is 11.3 Å². The molecule has 100 valence electrons. The molecule has 5 nitrogen and oxygen atoms in total. The maximum absolute atomic E-state index is 12.0. The van der Waals surface area contributed by atoms with Crippen LogP contribution in [0.1, 0.15) is 19.3 Å². The van der Waals surface area contributed by atoms with Gasteiger partial charge in [-0.25, -0.2) is 0 Å². The van der Waals surface area contributed by atoms with Gasteiger partial charge in [0, 0.05) is 32.0 Å². The van der Waals surface area contributed by atoms with Crippen LogP contribution in [0.25, 0.3) is 0 Å². The Bertz CT molecular complexity index is 368. The lowest BCUT2D eigenvalue weighted by molar-refractivity contribution is -0.157. The molecule has 2 atom stereocenters. The number of aliphatic carboxylic acids is 1. The highest BCUT2D eigenvalue weighted by atomic mass is 16.5. The van der Waals surface area contributed by atoms with Crippen LogP contribution in [-0.2, 0) is 14.3 Å². The van der Waals surface area contributed by atoms with Crippen molar-refractivity contribution in [1.82, 2.24) is 4.90 Å². The second kappa shape index (κ2) is 5.10. The number of carboxylic acids is 1. The summed E-state index contributed by atoms with van der Waals surface area (Å²) in [6.07, 6.45) is 3.25. The summed E-state index contributed by atoms with van der Waals surface area (Å²) in [6, 6.07) is 0. The van der Waals surface area contributed by atoms with Gasteiger partial charge in [-0.3, -0.25) is 9.59 Å². The molecule has 2 fully saturated rings. The van der Waals surface area contributed by atoms with E-state index in [0.717, 1.165) is 0 Å². The molecule has 2 saturated heterocycles. The predicted octanol–water partition coefficient (Wildman–Crippen LogP) is 0.902. The Hall–Kier alpha value is -1.36. The van der Waals surface area contributed by atoms with E-state index in [4.69, 9.17) is 4.74 Å². The highest BCUT2D eigenvalue weighted by molar-refractivity contribution is 5.81. The fourth-order valence-corrected chi connectivity index (χ4v) is 2.87. The van der Waals surface area contributed by atoms with Gasteiger partial charge in [0.2, 0.25) is 5.91 Å². The van der Waals surface area contributed by atoms with Gasteiger partial charge in [0.1, 0.15) is 0 Å². The fraction of sp³-hybridized carbons (Fsp3) is 0.692. The van der Waals surface area contributed by atoms with Gasteiger partial charge >= 0.3 is 5.97 Å². The van der Waals surface area contributed by atoms with Crippen LogP contribution in [0.3, 0.4) is 0 Å². The van der Waals surface area contributed by atoms with Crippen molar-refractivity contribution in [2.75, 3.05) is 26.3 Å². The second-order valence-electron chi connectivity index (χ2n) is 5.08. The molecule has 18 heavy (non-hydrogen) atoms. The number of allylic oxidation sites excluding steroid dienone is 1. The summed E-state index contributed by atoms with van der Waals surface area (Å²) >= 11 is 0. The van der Waals surface area contributed by atoms with Crippen molar-refractivity contribution in [3.05, 3.63) is 12.7 Å². The standard InChI is InChI=1S/C13H19NO4/c1-2-3-4-11(15)14-7-10-8-18-6-5-13(10,9-14)12(16)17/h2,10H,1,3-9H2,(H,16,17)/t10-,13+/m0/s1. The molecule has 0 bridgehead atoms. The van der Waals surface area contributed by atoms with E-state index in [1.54, 1.807) is 11.0 Å². The topological polar surface area (TPSA) is 66.8 Å². The summed E-state index contributed by atoms with van der Waals surface area (Å²) in [4.78, 5) is 25.2. The van der Waals surface area contributed by atoms with E-state index in [-0.39, 0.29) is 11.8 Å². The molecule has 0 unspecified atom stereocenters. The molecule has 0 spiro atoms. The van der Waals surface area contributed by atoms with Gasteiger partial charge in [-0.1, -0.05) is 6.08 Å². The zero-order chi connectivity index (χ0) is 13.2. The second-order valence-corrected chi connectivity index (χ2v) is 5.08. The molecule has 1 amide bonds. The molecule has 2 aliphatic rings. The van der Waals surface area contributed by atoms with Crippen molar-refractivity contribution in [3.8, 4) is 0 Å². The molecule has 0 aromatic rings. The van der Waals surface area contributed by atoms with Crippen LogP contribution in [0.15, 0.2) is 12.7 Å². The summed E-state index contributed by atoms with van der Waals surface area (Å²) in [6.45, 7) is 5.33. The summed E-state index contributed by atoms with van der Waals surface area (Å²) < 4.78 is 5.35. The molecule has 2 heterocycles. The molecule has 1 N–H and O–H groups in total. The SMILES string of the molecule is C=CCCC(=O)N1C[C@H]2COCC[C@@]2(C(=O)O)C1. The number of likely N-dealkylation sites (tertiary alicyclic amines) is 1. The third-order valence-electron chi connectivity index (χ3n) is 4.05. The first-order valence-electron chi connectivity index (χ1n) is 6.30. The summed E-state index contributed by atoms with van der Waals surface area (Å²) in [5, 5.41) is 9.47. The average molecular weight is 253 g/mol. The van der Waals surface area contributed by atoms with Crippen molar-refractivity contribution in [1.29, 1.82) is 0 Å². The molecule has 0 saturated carbocycles. The van der Waals surface area contributed by atoms with Crippen molar-refractivity contribution in [2.45, 2.75) is 19.3 Å². The Morgan fingerprint density at radius 2 is 2.33 bits per heavy atom. The lowest BCUT2D eigenvalue weighted by Gasteiger charge is -2.33. The number of carboxylic acid groups (broad SMARTS) is 1. The molecule has 0 radical (unpaired) electrons. The predicted molar refractivity (Wildman–Crippen MR) is 65.0 cm³/mol. The van der Waals surface area contributed by atoms with Crippen LogP contribution in [0.5, 0.6) is 0 Å². The van der Waals surface area contributed by atoms with Gasteiger partial charge in [-0.2, -0.15) is 0 Å². The number of amides is 1. The third-order valence-corrected chi connectivity index (χ3v) is 4.05. The summed E-state index contributed by atoms with van der Waals surface area (Å²) in [5.41, 5.74) is -0.790. The van der Waals surface area contributed by atoms with Crippen molar-refractivity contribution in [3.63, 3.8) is 0 Å². The third kappa shape index (κ3) is 2.14. The number of ether oxygens (including phenoxy) is 1. The average Bonchev–Trinajstić information content (AvgIpc) is 2.76. The minimum absolute atomic E-state index is 0.0184. The monoisotopic (exact) mass is 253 g/mol. The van der Waals surface area contributed by atoms with E-state index in [2.05, 4.69) is 6.58 Å². The molecule has 2 aliphatic heterocycles. The van der Waals surface area contributed by atoms with Crippen LogP contribution in [-0.4, -0.2) is 48.2 Å². The zero-order valence-corrected chi connectivity index (χ0v) is 10.4. The van der Waals surface area contributed by atoms with Crippen LogP contribution in [0, 0.1) is 11.3 Å². The first-order valence-corrected chi connectivity index (χ1v) is 6.30. The molecular formula is C13H19NO4. The Morgan fingerprint density at radius 1 is 1.56 bits per heavy atom. The van der Waals surface area contributed by atoms with E-state index >= 15 is 0 Å². The van der Waals surface area contributed by atoms with Crippen molar-refractivity contribution >= 4 is 11.9 Å². The van der Waals surface area contributed by atoms with Crippen molar-refractivity contribution < 1.29 is 19.4 Å². The molecule has 2 rings (SSSR count). The molecule has 5 heteroatoms. The number of nitrogens with zero attached hydrogens (tertiary/aromatic N) is 1. The van der Waals surface area contributed by atoms with E-state index in [9.17, 15) is 14.7 Å². The van der Waals surface area contributed by atoms with Gasteiger partial charge in [-0.15, -0.1) is 6.58 Å². The number of carbonyl (C=O) groups is 2. The number of hydrogen-bond donors (Lipinski definition) is 1. The van der Waals surface area contributed by atoms with Crippen LogP contribution in [0.4, 0.5) is 0 Å². The van der Waals surface area contributed by atoms with Crippen LogP contribution >= 0.6 is 0 Å². The normalized spacial score (nSPS) is 30.9. The summed E-state index contributed by atoms with van der Waals surface area (Å²) in [5.74, 6) is -0.851. The van der Waals surface area contributed by atoms with Gasteiger partial charge < -0.3 is 14.7 Å². The van der Waals surface area contributed by atoms with Gasteiger partial charge in [0.15, 0.2) is 0 Å². The highest BCUT2D eigenvalue weighted by Crippen LogP contribution is 2.42. The lowest BCUT2D eigenvalue weighted by Crippen LogP contribution is -2.45. The van der Waals surface area contributed by atoms with Gasteiger partial charge in [0.05, 0.1) is 12.0 Å². The molecule has 0 aromatic heterocycles. The van der Waals surface area contributed by atoms with Crippen LogP contribution in [0.2, 0.25) is 0 Å². The van der Waals surface area contributed by atoms with E-state index in [1.165, 1.54) is 0 Å². The number of hydrogen-bond acceptors (Lipinski definition) is 3. The number of carbonyl (C=O) groups excluding carboxylic acids is 1. The van der Waals surface area contributed by atoms with Gasteiger partial charge in [-0.05, 0) is 12.8 Å². The Morgan fingerprint density at radius 3 is 2.94 bits per heavy atom. The lowest BCUT2D eigenvalue weighted by atomic mass is 9.74. The van der Waals surface area contributed by atoms with Gasteiger partial charge in [0.25, 0.3) is 0 Å².